The summed E-state index contributed by atoms with van der Waals surface area (Å²) in [5, 5.41) is 11.5. The van der Waals surface area contributed by atoms with Crippen LogP contribution < -0.4 is 5.32 Å². The van der Waals surface area contributed by atoms with E-state index in [1.54, 1.807) is 6.92 Å². The Kier molecular flexibility index (Phi) is 2.91. The molecule has 0 heterocycles. The van der Waals surface area contributed by atoms with Gasteiger partial charge in [-0.25, -0.2) is 0 Å². The highest BCUT2D eigenvalue weighted by Gasteiger charge is 2.29. The van der Waals surface area contributed by atoms with Crippen molar-refractivity contribution < 1.29 is 9.90 Å². The molecule has 10 heavy (non-hydrogen) atoms. The van der Waals surface area contributed by atoms with Crippen molar-refractivity contribution in [1.29, 1.82) is 0 Å². The molecule has 0 unspecified atom stereocenters. The first-order valence-electron chi connectivity index (χ1n) is 3.03. The third-order valence-electron chi connectivity index (χ3n) is 1.35. The number of amides is 1. The van der Waals surface area contributed by atoms with Crippen molar-refractivity contribution in [3.8, 4) is 12.3 Å². The molecule has 0 saturated heterocycles. The summed E-state index contributed by atoms with van der Waals surface area (Å²) in [5.41, 5.74) is -1.63. The normalized spacial score (nSPS) is 15.0. The average Bonchev–Trinajstić information content (AvgIpc) is 2.01. The van der Waals surface area contributed by atoms with Crippen LogP contribution in [0.4, 0.5) is 0 Å². The van der Waals surface area contributed by atoms with Crippen LogP contribution in [0.3, 0.4) is 0 Å². The fraction of sp³-hybridized carbons (Fsp3) is 0.571. The maximum Gasteiger partial charge on any atom is 0.264 e. The van der Waals surface area contributed by atoms with Crippen LogP contribution in [0.15, 0.2) is 0 Å². The Labute approximate surface area is 60.4 Å². The standard InChI is InChI=1S/C7H11NO2/c1-4-7(10,5-2)6(9)8-3/h1,10H,5H2,2-3H3,(H,8,9)/t7-/m0/s1. The molecule has 1 atom stereocenters. The Balaban J connectivity index is 4.37. The molecule has 0 rings (SSSR count). The lowest BCUT2D eigenvalue weighted by Crippen LogP contribution is -2.43. The number of nitrogens with one attached hydrogen (secondary N) is 1. The van der Waals surface area contributed by atoms with Crippen molar-refractivity contribution in [2.24, 2.45) is 0 Å². The van der Waals surface area contributed by atoms with Crippen LogP contribution in [0, 0.1) is 12.3 Å². The quantitative estimate of drug-likeness (QED) is 0.510. The van der Waals surface area contributed by atoms with Crippen LogP contribution in [-0.4, -0.2) is 23.7 Å². The largest absolute Gasteiger partial charge is 0.369 e. The maximum absolute atomic E-state index is 10.8. The van der Waals surface area contributed by atoms with Gasteiger partial charge in [-0.1, -0.05) is 12.8 Å². The monoisotopic (exact) mass is 141 g/mol. The Hall–Kier alpha value is -1.01. The van der Waals surface area contributed by atoms with Crippen molar-refractivity contribution in [2.45, 2.75) is 18.9 Å². The maximum atomic E-state index is 10.8. The Morgan fingerprint density at radius 1 is 1.90 bits per heavy atom. The highest BCUT2D eigenvalue weighted by atomic mass is 16.3. The molecule has 0 radical (unpaired) electrons. The zero-order valence-electron chi connectivity index (χ0n) is 6.14. The molecule has 0 aromatic carbocycles. The number of rotatable bonds is 2. The van der Waals surface area contributed by atoms with E-state index in [9.17, 15) is 9.90 Å². The lowest BCUT2D eigenvalue weighted by molar-refractivity contribution is -0.134. The number of carbonyl (C=O) groups excluding carboxylic acids is 1. The second-order valence-corrected chi connectivity index (χ2v) is 1.94. The molecular formula is C7H11NO2. The lowest BCUT2D eigenvalue weighted by atomic mass is 10.0. The van der Waals surface area contributed by atoms with E-state index in [0.29, 0.717) is 0 Å². The Morgan fingerprint density at radius 3 is 2.50 bits per heavy atom. The number of aliphatic hydroxyl groups is 1. The van der Waals surface area contributed by atoms with Gasteiger partial charge in [-0.15, -0.1) is 6.42 Å². The molecule has 0 saturated carbocycles. The fourth-order valence-corrected chi connectivity index (χ4v) is 0.535. The highest BCUT2D eigenvalue weighted by Crippen LogP contribution is 2.06. The van der Waals surface area contributed by atoms with Crippen molar-refractivity contribution >= 4 is 5.91 Å². The molecule has 0 aromatic heterocycles. The Bertz CT molecular complexity index is 171. The third kappa shape index (κ3) is 1.49. The van der Waals surface area contributed by atoms with Gasteiger partial charge in [0.05, 0.1) is 0 Å². The van der Waals surface area contributed by atoms with E-state index in [2.05, 4.69) is 5.32 Å². The minimum atomic E-state index is -1.63. The fourth-order valence-electron chi connectivity index (χ4n) is 0.535. The number of terminal acetylenes is 1. The van der Waals surface area contributed by atoms with Crippen LogP contribution in [0.1, 0.15) is 13.3 Å². The lowest BCUT2D eigenvalue weighted by Gasteiger charge is -2.16. The van der Waals surface area contributed by atoms with Gasteiger partial charge in [0.2, 0.25) is 5.60 Å². The summed E-state index contributed by atoms with van der Waals surface area (Å²) in [6.07, 6.45) is 5.16. The molecule has 2 N–H and O–H groups in total. The van der Waals surface area contributed by atoms with Crippen LogP contribution in [0.25, 0.3) is 0 Å². The van der Waals surface area contributed by atoms with Crippen molar-refractivity contribution in [3.05, 3.63) is 0 Å². The molecule has 0 aliphatic carbocycles. The molecule has 0 aliphatic heterocycles. The van der Waals surface area contributed by atoms with Crippen LogP contribution in [0.5, 0.6) is 0 Å². The zero-order valence-corrected chi connectivity index (χ0v) is 6.14. The first-order chi connectivity index (χ1) is 4.60. The predicted molar refractivity (Wildman–Crippen MR) is 38.1 cm³/mol. The number of likely N-dealkylation sites (N-methyl/N-ethyl adjacent to an activating group) is 1. The van der Waals surface area contributed by atoms with Gasteiger partial charge in [0, 0.05) is 7.05 Å². The van der Waals surface area contributed by atoms with Gasteiger partial charge in [0.15, 0.2) is 0 Å². The van der Waals surface area contributed by atoms with Crippen molar-refractivity contribution in [2.75, 3.05) is 7.05 Å². The average molecular weight is 141 g/mol. The van der Waals surface area contributed by atoms with Gasteiger partial charge < -0.3 is 10.4 Å². The molecule has 56 valence electrons. The van der Waals surface area contributed by atoms with Gasteiger partial charge in [-0.3, -0.25) is 4.79 Å². The van der Waals surface area contributed by atoms with E-state index in [1.807, 2.05) is 5.92 Å². The van der Waals surface area contributed by atoms with E-state index in [0.717, 1.165) is 0 Å². The molecule has 3 heteroatoms. The molecule has 0 aliphatic rings. The summed E-state index contributed by atoms with van der Waals surface area (Å²) in [5.74, 6) is 1.49. The molecule has 0 bridgehead atoms. The van der Waals surface area contributed by atoms with Crippen molar-refractivity contribution in [3.63, 3.8) is 0 Å². The number of carbonyl (C=O) groups is 1. The highest BCUT2D eigenvalue weighted by molar-refractivity contribution is 5.87. The van der Waals surface area contributed by atoms with Crippen molar-refractivity contribution in [1.82, 2.24) is 5.32 Å². The molecule has 0 fully saturated rings. The molecule has 0 spiro atoms. The van der Waals surface area contributed by atoms with Gasteiger partial charge in [0.25, 0.3) is 5.91 Å². The zero-order chi connectivity index (χ0) is 8.20. The minimum Gasteiger partial charge on any atom is -0.369 e. The van der Waals surface area contributed by atoms with E-state index in [4.69, 9.17) is 6.42 Å². The molecular weight excluding hydrogens is 130 g/mol. The first kappa shape index (κ1) is 8.99. The SMILES string of the molecule is C#C[C@](O)(CC)C(=O)NC. The number of hydrogen-bond acceptors (Lipinski definition) is 2. The molecule has 3 nitrogen and oxygen atoms in total. The summed E-state index contributed by atoms with van der Waals surface area (Å²) in [4.78, 5) is 10.8. The Morgan fingerprint density at radius 2 is 2.40 bits per heavy atom. The summed E-state index contributed by atoms with van der Waals surface area (Å²) in [7, 11) is 1.43. The summed E-state index contributed by atoms with van der Waals surface area (Å²) in [6.45, 7) is 1.65. The second-order valence-electron chi connectivity index (χ2n) is 1.94. The van der Waals surface area contributed by atoms with Gasteiger partial charge in [0.1, 0.15) is 0 Å². The van der Waals surface area contributed by atoms with Gasteiger partial charge in [-0.2, -0.15) is 0 Å². The summed E-state index contributed by atoms with van der Waals surface area (Å²) < 4.78 is 0. The van der Waals surface area contributed by atoms with E-state index >= 15 is 0 Å². The van der Waals surface area contributed by atoms with E-state index in [-0.39, 0.29) is 6.42 Å². The smallest absolute Gasteiger partial charge is 0.264 e. The first-order valence-corrected chi connectivity index (χ1v) is 3.03. The minimum absolute atomic E-state index is 0.225. The molecule has 1 amide bonds. The topological polar surface area (TPSA) is 49.3 Å². The van der Waals surface area contributed by atoms with E-state index < -0.39 is 11.5 Å². The van der Waals surface area contributed by atoms with Crippen LogP contribution >= 0.6 is 0 Å². The summed E-state index contributed by atoms with van der Waals surface area (Å²) >= 11 is 0. The van der Waals surface area contributed by atoms with Crippen LogP contribution in [-0.2, 0) is 4.79 Å². The third-order valence-corrected chi connectivity index (χ3v) is 1.35. The van der Waals surface area contributed by atoms with Gasteiger partial charge >= 0.3 is 0 Å². The van der Waals surface area contributed by atoms with Gasteiger partial charge in [-0.05, 0) is 6.42 Å². The second kappa shape index (κ2) is 3.23. The van der Waals surface area contributed by atoms with E-state index in [1.165, 1.54) is 7.05 Å². The summed E-state index contributed by atoms with van der Waals surface area (Å²) in [6, 6.07) is 0. The number of hydrogen-bond donors (Lipinski definition) is 2. The molecule has 0 aromatic rings. The predicted octanol–water partition coefficient (Wildman–Crippen LogP) is -0.493. The van der Waals surface area contributed by atoms with Crippen LogP contribution in [0.2, 0.25) is 0 Å².